The number of benzene rings is 3. The van der Waals surface area contributed by atoms with Gasteiger partial charge in [0.05, 0.1) is 19.6 Å². The summed E-state index contributed by atoms with van der Waals surface area (Å²) in [6.07, 6.45) is 1.15. The maximum absolute atomic E-state index is 12.3. The van der Waals surface area contributed by atoms with Gasteiger partial charge in [-0.1, -0.05) is 41.7 Å². The third kappa shape index (κ3) is 4.26. The van der Waals surface area contributed by atoms with Crippen LogP contribution in [0.2, 0.25) is 0 Å². The average molecular weight is 491 g/mol. The third-order valence-electron chi connectivity index (χ3n) is 4.22. The summed E-state index contributed by atoms with van der Waals surface area (Å²) in [5, 5.41) is 5.15. The van der Waals surface area contributed by atoms with E-state index in [0.29, 0.717) is 21.1 Å². The van der Waals surface area contributed by atoms with Crippen LogP contribution in [0.1, 0.15) is 0 Å². The quantitative estimate of drug-likeness (QED) is 0.440. The number of nitrogens with zero attached hydrogens (tertiary/aromatic N) is 1. The third-order valence-corrected chi connectivity index (χ3v) is 7.08. The number of hydrogen-bond acceptors (Lipinski definition) is 6. The Hall–Kier alpha value is -2.49. The minimum Gasteiger partial charge on any atom is -0.483 e. The number of ether oxygens (including phenoxy) is 1. The molecule has 0 spiro atoms. The minimum absolute atomic E-state index is 0.179. The lowest BCUT2D eigenvalue weighted by atomic mass is 10.1. The Labute approximate surface area is 179 Å². The molecule has 0 bridgehead atoms. The molecule has 0 fully saturated rings. The van der Waals surface area contributed by atoms with Gasteiger partial charge in [-0.3, -0.25) is 10.1 Å². The smallest absolute Gasteiger partial charge is 0.264 e. The van der Waals surface area contributed by atoms with Crippen LogP contribution >= 0.6 is 27.3 Å². The average Bonchev–Trinajstić information content (AvgIpc) is 3.08. The summed E-state index contributed by atoms with van der Waals surface area (Å²) in [5.41, 5.74) is 0.621. The molecule has 0 atom stereocenters. The second-order valence-corrected chi connectivity index (χ2v) is 10.2. The van der Waals surface area contributed by atoms with Crippen molar-refractivity contribution in [1.82, 2.24) is 4.98 Å². The number of sulfone groups is 1. The van der Waals surface area contributed by atoms with E-state index < -0.39 is 9.84 Å². The summed E-state index contributed by atoms with van der Waals surface area (Å²) in [4.78, 5) is 16.8. The fourth-order valence-electron chi connectivity index (χ4n) is 2.81. The summed E-state index contributed by atoms with van der Waals surface area (Å²) in [6, 6.07) is 16.3. The highest BCUT2D eigenvalue weighted by Crippen LogP contribution is 2.33. The van der Waals surface area contributed by atoms with Gasteiger partial charge in [0.2, 0.25) is 0 Å². The zero-order chi connectivity index (χ0) is 20.6. The number of halogens is 1. The van der Waals surface area contributed by atoms with Crippen LogP contribution < -0.4 is 10.1 Å². The predicted octanol–water partition coefficient (Wildman–Crippen LogP) is 4.63. The maximum Gasteiger partial charge on any atom is 0.264 e. The van der Waals surface area contributed by atoms with Gasteiger partial charge >= 0.3 is 0 Å². The molecule has 0 unspecified atom stereocenters. The minimum atomic E-state index is -3.30. The monoisotopic (exact) mass is 490 g/mol. The Kier molecular flexibility index (Phi) is 5.28. The van der Waals surface area contributed by atoms with Gasteiger partial charge in [0.15, 0.2) is 21.6 Å². The van der Waals surface area contributed by atoms with E-state index in [9.17, 15) is 13.2 Å². The van der Waals surface area contributed by atoms with Crippen LogP contribution in [0.25, 0.3) is 21.0 Å². The summed E-state index contributed by atoms with van der Waals surface area (Å²) in [5.74, 6) is 0.216. The summed E-state index contributed by atoms with van der Waals surface area (Å²) in [7, 11) is -3.30. The molecular weight excluding hydrogens is 476 g/mol. The highest BCUT2D eigenvalue weighted by molar-refractivity contribution is 9.10. The lowest BCUT2D eigenvalue weighted by Gasteiger charge is -2.10. The van der Waals surface area contributed by atoms with Gasteiger partial charge in [0.1, 0.15) is 5.75 Å². The van der Waals surface area contributed by atoms with E-state index in [1.807, 2.05) is 36.4 Å². The normalized spacial score (nSPS) is 11.7. The van der Waals surface area contributed by atoms with E-state index >= 15 is 0 Å². The van der Waals surface area contributed by atoms with Crippen molar-refractivity contribution in [3.05, 3.63) is 59.1 Å². The molecule has 1 heterocycles. The highest BCUT2D eigenvalue weighted by atomic mass is 79.9. The van der Waals surface area contributed by atoms with Crippen molar-refractivity contribution in [1.29, 1.82) is 0 Å². The molecule has 0 aliphatic carbocycles. The first-order chi connectivity index (χ1) is 13.8. The Morgan fingerprint density at radius 2 is 1.97 bits per heavy atom. The van der Waals surface area contributed by atoms with Crippen molar-refractivity contribution >= 4 is 69.1 Å². The molecular formula is C20H15BrN2O4S2. The molecule has 1 amide bonds. The number of hydrogen-bond donors (Lipinski definition) is 1. The molecule has 1 N–H and O–H groups in total. The summed E-state index contributed by atoms with van der Waals surface area (Å²) in [6.45, 7) is -0.179. The van der Waals surface area contributed by atoms with Crippen LogP contribution in [-0.4, -0.2) is 32.2 Å². The lowest BCUT2D eigenvalue weighted by molar-refractivity contribution is -0.118. The SMILES string of the molecule is CS(=O)(=O)c1ccc2nc(NC(=O)COc3ccc4ccccc4c3Br)sc2c1. The molecule has 4 aromatic rings. The number of carbonyl (C=O) groups is 1. The number of thiazole rings is 1. The van der Waals surface area contributed by atoms with Gasteiger partial charge in [-0.05, 0) is 51.0 Å². The van der Waals surface area contributed by atoms with E-state index in [0.717, 1.165) is 21.5 Å². The van der Waals surface area contributed by atoms with Gasteiger partial charge < -0.3 is 4.74 Å². The van der Waals surface area contributed by atoms with Gasteiger partial charge in [0, 0.05) is 6.26 Å². The van der Waals surface area contributed by atoms with Gasteiger partial charge in [0.25, 0.3) is 5.91 Å². The largest absolute Gasteiger partial charge is 0.483 e. The molecule has 148 valence electrons. The van der Waals surface area contributed by atoms with Gasteiger partial charge in [-0.25, -0.2) is 13.4 Å². The van der Waals surface area contributed by atoms with Crippen molar-refractivity contribution in [2.24, 2.45) is 0 Å². The van der Waals surface area contributed by atoms with Crippen molar-refractivity contribution < 1.29 is 17.9 Å². The molecule has 6 nitrogen and oxygen atoms in total. The van der Waals surface area contributed by atoms with Crippen LogP contribution in [0, 0.1) is 0 Å². The zero-order valence-corrected chi connectivity index (χ0v) is 18.4. The summed E-state index contributed by atoms with van der Waals surface area (Å²) >= 11 is 4.74. The predicted molar refractivity (Wildman–Crippen MR) is 119 cm³/mol. The van der Waals surface area contributed by atoms with Crippen molar-refractivity contribution in [2.45, 2.75) is 4.90 Å². The number of aromatic nitrogens is 1. The fourth-order valence-corrected chi connectivity index (χ4v) is 5.06. The fraction of sp³-hybridized carbons (Fsp3) is 0.100. The maximum atomic E-state index is 12.3. The van der Waals surface area contributed by atoms with Crippen LogP contribution in [-0.2, 0) is 14.6 Å². The number of anilines is 1. The first-order valence-electron chi connectivity index (χ1n) is 8.52. The molecule has 0 saturated heterocycles. The number of nitrogens with one attached hydrogen (secondary N) is 1. The van der Waals surface area contributed by atoms with Crippen molar-refractivity contribution in [2.75, 3.05) is 18.2 Å². The van der Waals surface area contributed by atoms with E-state index in [4.69, 9.17) is 4.74 Å². The zero-order valence-electron chi connectivity index (χ0n) is 15.2. The number of carbonyl (C=O) groups excluding carboxylic acids is 1. The van der Waals surface area contributed by atoms with E-state index in [1.165, 1.54) is 17.4 Å². The molecule has 29 heavy (non-hydrogen) atoms. The van der Waals surface area contributed by atoms with E-state index in [1.54, 1.807) is 12.1 Å². The van der Waals surface area contributed by atoms with Crippen LogP contribution in [0.15, 0.2) is 64.0 Å². The van der Waals surface area contributed by atoms with Crippen LogP contribution in [0.4, 0.5) is 5.13 Å². The number of amides is 1. The number of rotatable bonds is 5. The Morgan fingerprint density at radius 3 is 2.76 bits per heavy atom. The molecule has 4 rings (SSSR count). The van der Waals surface area contributed by atoms with E-state index in [2.05, 4.69) is 26.2 Å². The van der Waals surface area contributed by atoms with Gasteiger partial charge in [-0.15, -0.1) is 0 Å². The second-order valence-electron chi connectivity index (χ2n) is 6.36. The van der Waals surface area contributed by atoms with Crippen LogP contribution in [0.3, 0.4) is 0 Å². The molecule has 9 heteroatoms. The first-order valence-corrected chi connectivity index (χ1v) is 12.0. The molecule has 0 aliphatic heterocycles. The van der Waals surface area contributed by atoms with Crippen molar-refractivity contribution in [3.63, 3.8) is 0 Å². The molecule has 0 aliphatic rings. The Balaban J connectivity index is 1.47. The molecule has 3 aromatic carbocycles. The Morgan fingerprint density at radius 1 is 1.17 bits per heavy atom. The van der Waals surface area contributed by atoms with E-state index in [-0.39, 0.29) is 17.4 Å². The first kappa shape index (κ1) is 19.8. The van der Waals surface area contributed by atoms with Crippen molar-refractivity contribution in [3.8, 4) is 5.75 Å². The number of fused-ring (bicyclic) bond motifs is 2. The molecule has 0 saturated carbocycles. The lowest BCUT2D eigenvalue weighted by Crippen LogP contribution is -2.20. The highest BCUT2D eigenvalue weighted by Gasteiger charge is 2.13. The standard InChI is InChI=1S/C20H15BrN2O4S2/c1-29(25,26)13-7-8-15-17(10-13)28-20(22-15)23-18(24)11-27-16-9-6-12-4-2-3-5-14(12)19(16)21/h2-10H,11H2,1H3,(H,22,23,24). The van der Waals surface area contributed by atoms with Crippen LogP contribution in [0.5, 0.6) is 5.75 Å². The summed E-state index contributed by atoms with van der Waals surface area (Å²) < 4.78 is 30.5. The van der Waals surface area contributed by atoms with Gasteiger partial charge in [-0.2, -0.15) is 0 Å². The topological polar surface area (TPSA) is 85.4 Å². The second kappa shape index (κ2) is 7.74. The molecule has 1 aromatic heterocycles. The molecule has 0 radical (unpaired) electrons. The Bertz CT molecular complexity index is 1350.